The van der Waals surface area contributed by atoms with Gasteiger partial charge in [0.25, 0.3) is 12.3 Å². The largest absolute Gasteiger partial charge is 0.297 e. The van der Waals surface area contributed by atoms with E-state index in [4.69, 9.17) is 0 Å². The van der Waals surface area contributed by atoms with Crippen molar-refractivity contribution in [3.05, 3.63) is 35.9 Å². The Morgan fingerprint density at radius 2 is 2.24 bits per heavy atom. The number of nitrogens with zero attached hydrogens (tertiary/aromatic N) is 3. The third-order valence-electron chi connectivity index (χ3n) is 1.87. The molecule has 0 aromatic carbocycles. The molecule has 0 aliphatic heterocycles. The van der Waals surface area contributed by atoms with Gasteiger partial charge in [0.1, 0.15) is 12.0 Å². The van der Waals surface area contributed by atoms with Gasteiger partial charge in [-0.1, -0.05) is 0 Å². The highest BCUT2D eigenvalue weighted by molar-refractivity contribution is 7.09. The zero-order chi connectivity index (χ0) is 12.3. The third-order valence-corrected chi connectivity index (χ3v) is 2.45. The number of amides is 1. The number of rotatable bonds is 3. The standard InChI is InChI=1S/C9H6F2N4OS/c10-7(11)6-5(2-1-3-12-6)8(16)15-9-13-4-14-17-9/h1-4,7H,(H,13,14,15,16). The van der Waals surface area contributed by atoms with Crippen LogP contribution in [-0.4, -0.2) is 20.2 Å². The monoisotopic (exact) mass is 256 g/mol. The zero-order valence-electron chi connectivity index (χ0n) is 8.30. The Bertz CT molecular complexity index is 517. The molecule has 5 nitrogen and oxygen atoms in total. The fourth-order valence-electron chi connectivity index (χ4n) is 1.18. The molecule has 1 N–H and O–H groups in total. The molecule has 0 saturated carbocycles. The minimum absolute atomic E-state index is 0.169. The SMILES string of the molecule is O=C(Nc1ncns1)c1cccnc1C(F)F. The minimum atomic E-state index is -2.80. The maximum absolute atomic E-state index is 12.6. The van der Waals surface area contributed by atoms with Crippen molar-refractivity contribution in [3.63, 3.8) is 0 Å². The molecule has 2 heterocycles. The van der Waals surface area contributed by atoms with Crippen LogP contribution in [0.15, 0.2) is 24.7 Å². The highest BCUT2D eigenvalue weighted by atomic mass is 32.1. The molecule has 0 aliphatic carbocycles. The van der Waals surface area contributed by atoms with Gasteiger partial charge in [0.15, 0.2) is 0 Å². The van der Waals surface area contributed by atoms with E-state index in [-0.39, 0.29) is 10.7 Å². The summed E-state index contributed by atoms with van der Waals surface area (Å²) in [5.41, 5.74) is -0.716. The molecule has 0 unspecified atom stereocenters. The van der Waals surface area contributed by atoms with Crippen molar-refractivity contribution in [1.82, 2.24) is 14.3 Å². The molecule has 8 heteroatoms. The van der Waals surface area contributed by atoms with Crippen molar-refractivity contribution in [2.75, 3.05) is 5.32 Å². The lowest BCUT2D eigenvalue weighted by molar-refractivity contribution is 0.100. The summed E-state index contributed by atoms with van der Waals surface area (Å²) in [6.07, 6.45) is -0.327. The number of pyridine rings is 1. The summed E-state index contributed by atoms with van der Waals surface area (Å²) in [5.74, 6) is -0.676. The summed E-state index contributed by atoms with van der Waals surface area (Å²) in [6.45, 7) is 0. The number of carbonyl (C=O) groups is 1. The molecule has 0 saturated heterocycles. The van der Waals surface area contributed by atoms with E-state index in [1.807, 2.05) is 0 Å². The van der Waals surface area contributed by atoms with Gasteiger partial charge in [0, 0.05) is 17.7 Å². The molecule has 2 aromatic rings. The first-order chi connectivity index (χ1) is 8.18. The summed E-state index contributed by atoms with van der Waals surface area (Å²) in [4.78, 5) is 18.9. The van der Waals surface area contributed by atoms with Crippen LogP contribution in [0.25, 0.3) is 0 Å². The second kappa shape index (κ2) is 4.91. The second-order valence-corrected chi connectivity index (χ2v) is 3.72. The molecule has 0 aliphatic rings. The molecule has 0 bridgehead atoms. The van der Waals surface area contributed by atoms with Crippen LogP contribution in [0, 0.1) is 0 Å². The van der Waals surface area contributed by atoms with Gasteiger partial charge in [-0.3, -0.25) is 15.1 Å². The highest BCUT2D eigenvalue weighted by Crippen LogP contribution is 2.21. The number of hydrogen-bond acceptors (Lipinski definition) is 5. The molecule has 88 valence electrons. The molecule has 0 fully saturated rings. The molecule has 0 radical (unpaired) electrons. The van der Waals surface area contributed by atoms with Crippen LogP contribution >= 0.6 is 11.5 Å². The average molecular weight is 256 g/mol. The lowest BCUT2D eigenvalue weighted by Gasteiger charge is -2.06. The van der Waals surface area contributed by atoms with E-state index in [9.17, 15) is 13.6 Å². The van der Waals surface area contributed by atoms with E-state index < -0.39 is 18.0 Å². The van der Waals surface area contributed by atoms with Gasteiger partial charge in [-0.2, -0.15) is 4.37 Å². The number of hydrogen-bond donors (Lipinski definition) is 1. The number of aromatic nitrogens is 3. The van der Waals surface area contributed by atoms with Crippen LogP contribution in [0.4, 0.5) is 13.9 Å². The van der Waals surface area contributed by atoms with Gasteiger partial charge in [-0.25, -0.2) is 13.8 Å². The smallest absolute Gasteiger partial charge is 0.281 e. The van der Waals surface area contributed by atoms with Gasteiger partial charge in [0.2, 0.25) is 5.13 Å². The Morgan fingerprint density at radius 1 is 1.41 bits per heavy atom. The normalized spacial score (nSPS) is 10.5. The Kier molecular flexibility index (Phi) is 3.33. The van der Waals surface area contributed by atoms with Gasteiger partial charge < -0.3 is 0 Å². The lowest BCUT2D eigenvalue weighted by Crippen LogP contribution is -2.15. The fraction of sp³-hybridized carbons (Fsp3) is 0.111. The first-order valence-corrected chi connectivity index (χ1v) is 5.27. The molecule has 1 amide bonds. The topological polar surface area (TPSA) is 67.8 Å². The molecular formula is C9H6F2N4OS. The van der Waals surface area contributed by atoms with Crippen LogP contribution in [0.2, 0.25) is 0 Å². The Balaban J connectivity index is 2.25. The van der Waals surface area contributed by atoms with Gasteiger partial charge in [-0.05, 0) is 12.1 Å². The molecule has 0 spiro atoms. The van der Waals surface area contributed by atoms with E-state index in [1.165, 1.54) is 24.7 Å². The van der Waals surface area contributed by atoms with Gasteiger partial charge in [0.05, 0.1) is 5.56 Å². The lowest BCUT2D eigenvalue weighted by atomic mass is 10.2. The number of anilines is 1. The molecule has 2 rings (SSSR count). The first-order valence-electron chi connectivity index (χ1n) is 4.49. The highest BCUT2D eigenvalue weighted by Gasteiger charge is 2.19. The molecular weight excluding hydrogens is 250 g/mol. The van der Waals surface area contributed by atoms with E-state index in [0.717, 1.165) is 11.5 Å². The predicted molar refractivity (Wildman–Crippen MR) is 57.1 cm³/mol. The van der Waals surface area contributed by atoms with Crippen LogP contribution in [0.5, 0.6) is 0 Å². The molecule has 17 heavy (non-hydrogen) atoms. The summed E-state index contributed by atoms with van der Waals surface area (Å²) in [5, 5.41) is 2.62. The first kappa shape index (κ1) is 11.5. The number of halogens is 2. The zero-order valence-corrected chi connectivity index (χ0v) is 9.12. The summed E-state index contributed by atoms with van der Waals surface area (Å²) < 4.78 is 28.9. The van der Waals surface area contributed by atoms with E-state index in [1.54, 1.807) is 0 Å². The Hall–Kier alpha value is -1.96. The van der Waals surface area contributed by atoms with Crippen LogP contribution in [0.3, 0.4) is 0 Å². The number of nitrogens with one attached hydrogen (secondary N) is 1. The van der Waals surface area contributed by atoms with E-state index in [2.05, 4.69) is 19.7 Å². The van der Waals surface area contributed by atoms with Crippen molar-refractivity contribution in [3.8, 4) is 0 Å². The molecule has 2 aromatic heterocycles. The van der Waals surface area contributed by atoms with E-state index in [0.29, 0.717) is 0 Å². The van der Waals surface area contributed by atoms with Crippen molar-refractivity contribution in [2.45, 2.75) is 6.43 Å². The average Bonchev–Trinajstić information content (AvgIpc) is 2.81. The second-order valence-electron chi connectivity index (χ2n) is 2.94. The number of alkyl halides is 2. The van der Waals surface area contributed by atoms with Crippen molar-refractivity contribution >= 4 is 22.6 Å². The summed E-state index contributed by atoms with van der Waals surface area (Å²) >= 11 is 0.959. The minimum Gasteiger partial charge on any atom is -0.297 e. The van der Waals surface area contributed by atoms with Gasteiger partial charge in [-0.15, -0.1) is 0 Å². The Labute approximate surface area is 98.7 Å². The summed E-state index contributed by atoms with van der Waals surface area (Å²) in [7, 11) is 0. The van der Waals surface area contributed by atoms with Gasteiger partial charge >= 0.3 is 0 Å². The predicted octanol–water partition coefficient (Wildman–Crippen LogP) is 2.12. The maximum Gasteiger partial charge on any atom is 0.281 e. The van der Waals surface area contributed by atoms with Crippen molar-refractivity contribution in [1.29, 1.82) is 0 Å². The summed E-state index contributed by atoms with van der Waals surface area (Å²) in [6, 6.07) is 2.70. The van der Waals surface area contributed by atoms with Crippen molar-refractivity contribution < 1.29 is 13.6 Å². The Morgan fingerprint density at radius 3 is 2.88 bits per heavy atom. The molecule has 0 atom stereocenters. The van der Waals surface area contributed by atoms with Crippen LogP contribution in [-0.2, 0) is 0 Å². The fourth-order valence-corrected chi connectivity index (χ4v) is 1.60. The van der Waals surface area contributed by atoms with Crippen LogP contribution < -0.4 is 5.32 Å². The van der Waals surface area contributed by atoms with Crippen LogP contribution in [0.1, 0.15) is 22.5 Å². The maximum atomic E-state index is 12.6. The quantitative estimate of drug-likeness (QED) is 0.913. The third kappa shape index (κ3) is 2.59. The number of carbonyl (C=O) groups excluding carboxylic acids is 1. The van der Waals surface area contributed by atoms with E-state index >= 15 is 0 Å². The van der Waals surface area contributed by atoms with Crippen molar-refractivity contribution in [2.24, 2.45) is 0 Å².